The van der Waals surface area contributed by atoms with E-state index in [2.05, 4.69) is 25.6 Å². The second-order valence-corrected chi connectivity index (χ2v) is 5.71. The first kappa shape index (κ1) is 15.4. The second-order valence-electron chi connectivity index (χ2n) is 5.71. The van der Waals surface area contributed by atoms with Crippen molar-refractivity contribution in [2.24, 2.45) is 5.73 Å². The summed E-state index contributed by atoms with van der Waals surface area (Å²) in [6.07, 6.45) is 8.65. The van der Waals surface area contributed by atoms with Crippen molar-refractivity contribution in [3.05, 3.63) is 42.5 Å². The lowest BCUT2D eigenvalue weighted by atomic mass is 9.92. The molecule has 0 atom stereocenters. The monoisotopic (exact) mass is 312 g/mol. The third kappa shape index (κ3) is 4.23. The van der Waals surface area contributed by atoms with E-state index in [1.807, 2.05) is 0 Å². The number of aromatic nitrogens is 3. The van der Waals surface area contributed by atoms with E-state index in [1.54, 1.807) is 36.8 Å². The number of hydrogen-bond donors (Lipinski definition) is 3. The first-order valence-corrected chi connectivity index (χ1v) is 7.77. The highest BCUT2D eigenvalue weighted by Gasteiger charge is 2.21. The van der Waals surface area contributed by atoms with Gasteiger partial charge in [-0.2, -0.15) is 0 Å². The Morgan fingerprint density at radius 3 is 2.57 bits per heavy atom. The lowest BCUT2D eigenvalue weighted by molar-refractivity contribution is 0.0920. The zero-order chi connectivity index (χ0) is 16.1. The van der Waals surface area contributed by atoms with Crippen LogP contribution in [0.4, 0.5) is 11.6 Å². The molecule has 1 saturated carbocycles. The van der Waals surface area contributed by atoms with Gasteiger partial charge in [0.1, 0.15) is 5.69 Å². The number of anilines is 2. The van der Waals surface area contributed by atoms with Crippen molar-refractivity contribution in [3.8, 4) is 0 Å². The fourth-order valence-corrected chi connectivity index (χ4v) is 2.63. The third-order valence-corrected chi connectivity index (χ3v) is 3.93. The third-order valence-electron chi connectivity index (χ3n) is 3.93. The van der Waals surface area contributed by atoms with Gasteiger partial charge in [0.25, 0.3) is 5.91 Å². The fourth-order valence-electron chi connectivity index (χ4n) is 2.63. The number of rotatable bonds is 4. The average Bonchev–Trinajstić information content (AvgIpc) is 2.58. The number of carbonyl (C=O) groups excluding carboxylic acids is 1. The summed E-state index contributed by atoms with van der Waals surface area (Å²) in [7, 11) is 0. The minimum atomic E-state index is -0.175. The van der Waals surface area contributed by atoms with Crippen molar-refractivity contribution in [1.29, 1.82) is 0 Å². The smallest absolute Gasteiger partial charge is 0.270 e. The Morgan fingerprint density at radius 2 is 1.83 bits per heavy atom. The molecule has 7 nitrogen and oxygen atoms in total. The molecule has 7 heteroatoms. The van der Waals surface area contributed by atoms with E-state index >= 15 is 0 Å². The average molecular weight is 312 g/mol. The molecule has 23 heavy (non-hydrogen) atoms. The van der Waals surface area contributed by atoms with Crippen LogP contribution in [0.1, 0.15) is 36.2 Å². The Bertz CT molecular complexity index is 655. The minimum absolute atomic E-state index is 0.175. The molecule has 2 aromatic rings. The SMILES string of the molecule is NC1CCC(NC(=O)c2ccnc(Nc3ccncc3)n2)CC1. The fraction of sp³-hybridized carbons (Fsp3) is 0.375. The highest BCUT2D eigenvalue weighted by molar-refractivity contribution is 5.92. The molecule has 1 amide bonds. The summed E-state index contributed by atoms with van der Waals surface area (Å²) < 4.78 is 0. The standard InChI is InChI=1S/C16H20N6O/c17-11-1-3-12(4-2-11)20-15(23)14-7-10-19-16(22-14)21-13-5-8-18-9-6-13/h5-12H,1-4,17H2,(H,20,23)(H,18,19,21,22). The van der Waals surface area contributed by atoms with Crippen LogP contribution in [-0.4, -0.2) is 32.9 Å². The number of amides is 1. The molecule has 1 fully saturated rings. The van der Waals surface area contributed by atoms with Gasteiger partial charge >= 0.3 is 0 Å². The van der Waals surface area contributed by atoms with E-state index in [0.717, 1.165) is 31.4 Å². The van der Waals surface area contributed by atoms with E-state index in [1.165, 1.54) is 0 Å². The molecule has 4 N–H and O–H groups in total. The number of pyridine rings is 1. The van der Waals surface area contributed by atoms with Gasteiger partial charge in [-0.25, -0.2) is 9.97 Å². The molecule has 0 aliphatic heterocycles. The van der Waals surface area contributed by atoms with Crippen molar-refractivity contribution in [2.45, 2.75) is 37.8 Å². The predicted octanol–water partition coefficient (Wildman–Crippen LogP) is 1.61. The molecular formula is C16H20N6O. The maximum Gasteiger partial charge on any atom is 0.270 e. The zero-order valence-electron chi connectivity index (χ0n) is 12.8. The molecular weight excluding hydrogens is 292 g/mol. The van der Waals surface area contributed by atoms with E-state index in [0.29, 0.717) is 11.6 Å². The van der Waals surface area contributed by atoms with Crippen LogP contribution in [0, 0.1) is 0 Å². The number of nitrogens with zero attached hydrogens (tertiary/aromatic N) is 3. The Hall–Kier alpha value is -2.54. The summed E-state index contributed by atoms with van der Waals surface area (Å²) in [5.41, 5.74) is 7.06. The van der Waals surface area contributed by atoms with Crippen molar-refractivity contribution < 1.29 is 4.79 Å². The normalized spacial score (nSPS) is 20.7. The maximum atomic E-state index is 12.3. The molecule has 1 aliphatic rings. The molecule has 2 aromatic heterocycles. The van der Waals surface area contributed by atoms with Gasteiger partial charge in [0.2, 0.25) is 5.95 Å². The first-order valence-electron chi connectivity index (χ1n) is 7.77. The van der Waals surface area contributed by atoms with Gasteiger partial charge in [0, 0.05) is 36.4 Å². The van der Waals surface area contributed by atoms with Gasteiger partial charge in [0.05, 0.1) is 0 Å². The number of nitrogens with one attached hydrogen (secondary N) is 2. The molecule has 0 spiro atoms. The molecule has 0 saturated heterocycles. The van der Waals surface area contributed by atoms with E-state index in [9.17, 15) is 4.79 Å². The van der Waals surface area contributed by atoms with E-state index in [-0.39, 0.29) is 18.0 Å². The van der Waals surface area contributed by atoms with Crippen LogP contribution in [0.2, 0.25) is 0 Å². The molecule has 2 heterocycles. The summed E-state index contributed by atoms with van der Waals surface area (Å²) in [4.78, 5) is 24.7. The quantitative estimate of drug-likeness (QED) is 0.792. The predicted molar refractivity (Wildman–Crippen MR) is 87.2 cm³/mol. The minimum Gasteiger partial charge on any atom is -0.348 e. The Balaban J connectivity index is 1.63. The van der Waals surface area contributed by atoms with Gasteiger partial charge in [-0.1, -0.05) is 0 Å². The zero-order valence-corrected chi connectivity index (χ0v) is 12.8. The van der Waals surface area contributed by atoms with E-state index in [4.69, 9.17) is 5.73 Å². The summed E-state index contributed by atoms with van der Waals surface area (Å²) in [6.45, 7) is 0. The van der Waals surface area contributed by atoms with Gasteiger partial charge in [-0.05, 0) is 43.9 Å². The van der Waals surface area contributed by atoms with Gasteiger partial charge in [-0.3, -0.25) is 9.78 Å². The van der Waals surface area contributed by atoms with Crippen LogP contribution in [-0.2, 0) is 0 Å². The Labute approximate surface area is 134 Å². The van der Waals surface area contributed by atoms with Crippen molar-refractivity contribution in [1.82, 2.24) is 20.3 Å². The van der Waals surface area contributed by atoms with Crippen LogP contribution in [0.5, 0.6) is 0 Å². The molecule has 0 bridgehead atoms. The molecule has 0 radical (unpaired) electrons. The molecule has 0 unspecified atom stereocenters. The van der Waals surface area contributed by atoms with Gasteiger partial charge in [0.15, 0.2) is 0 Å². The summed E-state index contributed by atoms with van der Waals surface area (Å²) in [6, 6.07) is 5.66. The lowest BCUT2D eigenvalue weighted by Gasteiger charge is -2.26. The van der Waals surface area contributed by atoms with Crippen LogP contribution in [0.3, 0.4) is 0 Å². The number of hydrogen-bond acceptors (Lipinski definition) is 6. The largest absolute Gasteiger partial charge is 0.348 e. The summed E-state index contributed by atoms with van der Waals surface area (Å²) in [5.74, 6) is 0.208. The highest BCUT2D eigenvalue weighted by Crippen LogP contribution is 2.17. The van der Waals surface area contributed by atoms with Gasteiger partial charge < -0.3 is 16.4 Å². The maximum absolute atomic E-state index is 12.3. The lowest BCUT2D eigenvalue weighted by Crippen LogP contribution is -2.40. The molecule has 0 aromatic carbocycles. The van der Waals surface area contributed by atoms with Crippen LogP contribution in [0.25, 0.3) is 0 Å². The number of carbonyl (C=O) groups is 1. The molecule has 120 valence electrons. The van der Waals surface area contributed by atoms with Gasteiger partial charge in [-0.15, -0.1) is 0 Å². The van der Waals surface area contributed by atoms with Crippen LogP contribution in [0.15, 0.2) is 36.8 Å². The highest BCUT2D eigenvalue weighted by atomic mass is 16.1. The Kier molecular flexibility index (Phi) is 4.77. The topological polar surface area (TPSA) is 106 Å². The first-order chi connectivity index (χ1) is 11.2. The van der Waals surface area contributed by atoms with Crippen molar-refractivity contribution in [3.63, 3.8) is 0 Å². The van der Waals surface area contributed by atoms with E-state index < -0.39 is 0 Å². The van der Waals surface area contributed by atoms with Crippen molar-refractivity contribution in [2.75, 3.05) is 5.32 Å². The van der Waals surface area contributed by atoms with Crippen LogP contribution >= 0.6 is 0 Å². The Morgan fingerprint density at radius 1 is 1.09 bits per heavy atom. The second kappa shape index (κ2) is 7.15. The summed E-state index contributed by atoms with van der Waals surface area (Å²) >= 11 is 0. The molecule has 1 aliphatic carbocycles. The molecule has 3 rings (SSSR count). The van der Waals surface area contributed by atoms with Crippen molar-refractivity contribution >= 4 is 17.5 Å². The summed E-state index contributed by atoms with van der Waals surface area (Å²) in [5, 5.41) is 6.07. The van der Waals surface area contributed by atoms with Crippen LogP contribution < -0.4 is 16.4 Å². The number of nitrogens with two attached hydrogens (primary N) is 1.